The van der Waals surface area contributed by atoms with Crippen LogP contribution in [0.15, 0.2) is 0 Å². The summed E-state index contributed by atoms with van der Waals surface area (Å²) in [6, 6.07) is -1.26. The monoisotopic (exact) mass is 422 g/mol. The molecule has 1 atom stereocenters. The zero-order chi connectivity index (χ0) is 21.9. The number of hydrogen-bond donors (Lipinski definition) is 1. The first kappa shape index (κ1) is 23.4. The lowest BCUT2D eigenvalue weighted by atomic mass is 10.0. The number of rotatable bonds is 8. The summed E-state index contributed by atoms with van der Waals surface area (Å²) in [6.07, 6.45) is -0.837. The molecule has 1 aliphatic heterocycles. The minimum Gasteiger partial charge on any atom is -0.480 e. The van der Waals surface area contributed by atoms with Gasteiger partial charge in [-0.1, -0.05) is 0 Å². The van der Waals surface area contributed by atoms with Crippen molar-refractivity contribution in [3.63, 3.8) is 0 Å². The number of carbonyl (C=O) groups is 3. The van der Waals surface area contributed by atoms with Gasteiger partial charge in [0.25, 0.3) is 0 Å². The van der Waals surface area contributed by atoms with Gasteiger partial charge in [0.15, 0.2) is 13.1 Å². The molecule has 0 spiro atoms. The Labute approximate surface area is 164 Å². The summed E-state index contributed by atoms with van der Waals surface area (Å²) >= 11 is 0.895. The molecule has 1 saturated heterocycles. The van der Waals surface area contributed by atoms with Gasteiger partial charge in [-0.15, -0.1) is 11.8 Å². The van der Waals surface area contributed by atoms with Crippen LogP contribution < -0.4 is 0 Å². The average molecular weight is 422 g/mol. The highest BCUT2D eigenvalue weighted by molar-refractivity contribution is 8.00. The van der Waals surface area contributed by atoms with Gasteiger partial charge in [0.2, 0.25) is 5.91 Å². The number of carboxylic acids is 1. The maximum atomic E-state index is 12.0. The lowest BCUT2D eigenvalue weighted by Gasteiger charge is -2.36. The van der Waals surface area contributed by atoms with E-state index in [1.54, 1.807) is 20.8 Å². The number of amides is 2. The quantitative estimate of drug-likeness (QED) is 0.322. The molecule has 0 aromatic heterocycles. The first-order valence-electron chi connectivity index (χ1n) is 8.04. The smallest absolute Gasteiger partial charge is 0.480 e. The molecule has 0 aromatic rings. The van der Waals surface area contributed by atoms with Gasteiger partial charge in [-0.3, -0.25) is 29.9 Å². The van der Waals surface area contributed by atoms with E-state index in [4.69, 9.17) is 4.74 Å². The molecule has 1 aliphatic rings. The molecule has 1 unspecified atom stereocenters. The third kappa shape index (κ3) is 5.43. The van der Waals surface area contributed by atoms with E-state index in [0.29, 0.717) is 0 Å². The van der Waals surface area contributed by atoms with E-state index in [-0.39, 0.29) is 11.5 Å². The molecule has 158 valence electrons. The van der Waals surface area contributed by atoms with Crippen LogP contribution in [0.5, 0.6) is 0 Å². The van der Waals surface area contributed by atoms with E-state index in [9.17, 15) is 39.7 Å². The molecule has 1 fully saturated rings. The molecule has 14 heteroatoms. The summed E-state index contributed by atoms with van der Waals surface area (Å²) in [5, 5.41) is 31.0. The number of likely N-dealkylation sites (N-methyl/N-ethyl adjacent to an activating group) is 1. The molecule has 0 saturated carbocycles. The van der Waals surface area contributed by atoms with E-state index in [1.165, 1.54) is 7.05 Å². The van der Waals surface area contributed by atoms with E-state index >= 15 is 0 Å². The largest absolute Gasteiger partial charge is 0.492 e. The second-order valence-electron chi connectivity index (χ2n) is 7.21. The molecule has 0 radical (unpaired) electrons. The van der Waals surface area contributed by atoms with Crippen molar-refractivity contribution < 1.29 is 34.1 Å². The molecule has 0 bridgehead atoms. The van der Waals surface area contributed by atoms with Gasteiger partial charge >= 0.3 is 17.7 Å². The van der Waals surface area contributed by atoms with Crippen LogP contribution in [0, 0.1) is 20.2 Å². The second kappa shape index (κ2) is 8.58. The van der Waals surface area contributed by atoms with Crippen LogP contribution in [-0.2, 0) is 14.3 Å². The van der Waals surface area contributed by atoms with Crippen LogP contribution in [0.2, 0.25) is 0 Å². The maximum Gasteiger partial charge on any atom is 0.492 e. The fourth-order valence-electron chi connectivity index (χ4n) is 2.20. The average Bonchev–Trinajstić information content (AvgIpc) is 2.46. The van der Waals surface area contributed by atoms with Crippen molar-refractivity contribution in [3.8, 4) is 0 Å². The van der Waals surface area contributed by atoms with E-state index in [0.717, 1.165) is 21.6 Å². The molecule has 2 amide bonds. The van der Waals surface area contributed by atoms with Gasteiger partial charge in [0, 0.05) is 12.8 Å². The molecule has 1 rings (SSSR count). The Bertz CT molecular complexity index is 656. The SMILES string of the molecule is CN(C(=O)OC(C)(C)C)C(CSCC(=O)N1CC([N+](=O)[O-])([N+](=O)[O-])C1)C(=O)O. The Morgan fingerprint density at radius 2 is 1.75 bits per heavy atom. The van der Waals surface area contributed by atoms with Crippen LogP contribution in [0.4, 0.5) is 4.79 Å². The van der Waals surface area contributed by atoms with Crippen molar-refractivity contribution >= 4 is 29.7 Å². The third-order valence-corrected chi connectivity index (χ3v) is 4.86. The van der Waals surface area contributed by atoms with E-state index in [2.05, 4.69) is 0 Å². The van der Waals surface area contributed by atoms with Crippen molar-refractivity contribution in [2.45, 2.75) is 38.1 Å². The number of hydrogen-bond acceptors (Lipinski definition) is 9. The third-order valence-electron chi connectivity index (χ3n) is 3.86. The first-order valence-corrected chi connectivity index (χ1v) is 9.20. The number of carboxylic acid groups (broad SMARTS) is 1. The van der Waals surface area contributed by atoms with Gasteiger partial charge in [0.1, 0.15) is 21.5 Å². The van der Waals surface area contributed by atoms with E-state index < -0.39 is 58.2 Å². The van der Waals surface area contributed by atoms with E-state index in [1.807, 2.05) is 0 Å². The Kier molecular flexibility index (Phi) is 7.17. The van der Waals surface area contributed by atoms with Crippen LogP contribution in [0.3, 0.4) is 0 Å². The number of likely N-dealkylation sites (tertiary alicyclic amines) is 1. The van der Waals surface area contributed by atoms with Gasteiger partial charge < -0.3 is 14.7 Å². The fraction of sp³-hybridized carbons (Fsp3) is 0.786. The molecule has 1 heterocycles. The highest BCUT2D eigenvalue weighted by Crippen LogP contribution is 2.26. The Balaban J connectivity index is 2.57. The van der Waals surface area contributed by atoms with Gasteiger partial charge in [-0.25, -0.2) is 9.59 Å². The van der Waals surface area contributed by atoms with Gasteiger partial charge in [0.05, 0.1) is 5.75 Å². The van der Waals surface area contributed by atoms with Gasteiger partial charge in [-0.2, -0.15) is 0 Å². The summed E-state index contributed by atoms with van der Waals surface area (Å²) in [7, 11) is 1.26. The lowest BCUT2D eigenvalue weighted by molar-refractivity contribution is -0.809. The molecular weight excluding hydrogens is 400 g/mol. The number of carbonyl (C=O) groups excluding carboxylic acids is 2. The van der Waals surface area contributed by atoms with Crippen molar-refractivity contribution in [1.29, 1.82) is 0 Å². The highest BCUT2D eigenvalue weighted by Gasteiger charge is 2.67. The number of nitrogens with zero attached hydrogens (tertiary/aromatic N) is 4. The number of thioether (sulfide) groups is 1. The summed E-state index contributed by atoms with van der Waals surface area (Å²) in [6.45, 7) is 3.60. The van der Waals surface area contributed by atoms with Crippen molar-refractivity contribution in [1.82, 2.24) is 9.80 Å². The molecule has 28 heavy (non-hydrogen) atoms. The maximum absolute atomic E-state index is 12.0. The molecule has 1 N–H and O–H groups in total. The standard InChI is InChI=1S/C14H22N4O9S/c1-13(2,3)27-12(22)15(4)9(11(20)21)5-28-6-10(19)16-7-14(8-16,17(23)24)18(25)26/h9H,5-8H2,1-4H3,(H,20,21). The first-order chi connectivity index (χ1) is 12.7. The normalized spacial score (nSPS) is 16.5. The van der Waals surface area contributed by atoms with Crippen molar-refractivity contribution in [2.24, 2.45) is 0 Å². The second-order valence-corrected chi connectivity index (χ2v) is 8.24. The molecule has 0 aliphatic carbocycles. The fourth-order valence-corrected chi connectivity index (χ4v) is 3.26. The van der Waals surface area contributed by atoms with Crippen LogP contribution in [-0.4, -0.2) is 91.7 Å². The predicted octanol–water partition coefficient (Wildman–Crippen LogP) is 0.132. The predicted molar refractivity (Wildman–Crippen MR) is 96.0 cm³/mol. The summed E-state index contributed by atoms with van der Waals surface area (Å²) < 4.78 is 5.10. The minimum absolute atomic E-state index is 0.139. The Morgan fingerprint density at radius 1 is 1.25 bits per heavy atom. The van der Waals surface area contributed by atoms with Crippen LogP contribution in [0.25, 0.3) is 0 Å². The minimum atomic E-state index is -2.39. The lowest BCUT2D eigenvalue weighted by Crippen LogP contribution is -2.71. The van der Waals surface area contributed by atoms with Crippen molar-refractivity contribution in [2.75, 3.05) is 31.6 Å². The molecule has 13 nitrogen and oxygen atoms in total. The van der Waals surface area contributed by atoms with Gasteiger partial charge in [-0.05, 0) is 20.8 Å². The zero-order valence-corrected chi connectivity index (χ0v) is 16.6. The highest BCUT2D eigenvalue weighted by atomic mass is 32.2. The summed E-state index contributed by atoms with van der Waals surface area (Å²) in [5.74, 6) is -2.26. The molecule has 0 aromatic carbocycles. The Morgan fingerprint density at radius 3 is 2.14 bits per heavy atom. The van der Waals surface area contributed by atoms with Crippen LogP contribution >= 0.6 is 11.8 Å². The number of aliphatic carboxylic acids is 1. The number of ether oxygens (including phenoxy) is 1. The summed E-state index contributed by atoms with van der Waals surface area (Å²) in [5.41, 5.74) is -3.20. The summed E-state index contributed by atoms with van der Waals surface area (Å²) in [4.78, 5) is 56.9. The van der Waals surface area contributed by atoms with Crippen LogP contribution in [0.1, 0.15) is 20.8 Å². The van der Waals surface area contributed by atoms with Crippen molar-refractivity contribution in [3.05, 3.63) is 20.2 Å². The zero-order valence-electron chi connectivity index (χ0n) is 15.8. The number of nitro groups is 2. The topological polar surface area (TPSA) is 173 Å². The Hall–Kier alpha value is -2.64. The molecular formula is C14H22N4O9S.